The van der Waals surface area contributed by atoms with Crippen molar-refractivity contribution in [2.45, 2.75) is 32.2 Å². The van der Waals surface area contributed by atoms with E-state index in [1.807, 2.05) is 0 Å². The zero-order valence-electron chi connectivity index (χ0n) is 11.0. The van der Waals surface area contributed by atoms with Gasteiger partial charge in [0, 0.05) is 23.6 Å². The van der Waals surface area contributed by atoms with Gasteiger partial charge in [0.15, 0.2) is 0 Å². The highest BCUT2D eigenvalue weighted by molar-refractivity contribution is 9.10. The summed E-state index contributed by atoms with van der Waals surface area (Å²) >= 11 is 3.68. The highest BCUT2D eigenvalue weighted by atomic mass is 79.9. The third-order valence-electron chi connectivity index (χ3n) is 4.00. The van der Waals surface area contributed by atoms with Gasteiger partial charge in [-0.05, 0) is 72.3 Å². The van der Waals surface area contributed by atoms with Crippen LogP contribution in [-0.4, -0.2) is 25.7 Å². The quantitative estimate of drug-likeness (QED) is 0.918. The molecule has 1 aromatic carbocycles. The van der Waals surface area contributed by atoms with Crippen LogP contribution < -0.4 is 10.2 Å². The Morgan fingerprint density at radius 1 is 1.33 bits per heavy atom. The minimum absolute atomic E-state index is 0.818. The molecule has 1 aliphatic heterocycles. The number of rotatable bonds is 4. The lowest BCUT2D eigenvalue weighted by atomic mass is 10.1. The Balaban J connectivity index is 1.61. The molecular formula is C15H21BrN2. The molecule has 98 valence electrons. The molecule has 0 radical (unpaired) electrons. The van der Waals surface area contributed by atoms with Gasteiger partial charge in [0.25, 0.3) is 0 Å². The molecule has 0 spiro atoms. The molecule has 3 rings (SSSR count). The number of hydrogen-bond acceptors (Lipinski definition) is 2. The lowest BCUT2D eigenvalue weighted by molar-refractivity contribution is 0.515. The molecule has 1 atom stereocenters. The van der Waals surface area contributed by atoms with E-state index in [9.17, 15) is 0 Å². The molecule has 1 heterocycles. The largest absolute Gasteiger partial charge is 0.370 e. The van der Waals surface area contributed by atoms with Gasteiger partial charge in [-0.1, -0.05) is 6.07 Å². The Labute approximate surface area is 118 Å². The van der Waals surface area contributed by atoms with Crippen molar-refractivity contribution in [3.63, 3.8) is 0 Å². The smallest absolute Gasteiger partial charge is 0.0513 e. The predicted molar refractivity (Wildman–Crippen MR) is 80.2 cm³/mol. The minimum Gasteiger partial charge on any atom is -0.370 e. The van der Waals surface area contributed by atoms with Crippen LogP contribution in [0.15, 0.2) is 22.7 Å². The molecule has 2 fully saturated rings. The highest BCUT2D eigenvalue weighted by Crippen LogP contribution is 2.31. The monoisotopic (exact) mass is 308 g/mol. The average molecular weight is 309 g/mol. The Morgan fingerprint density at radius 3 is 2.94 bits per heavy atom. The summed E-state index contributed by atoms with van der Waals surface area (Å²) in [6, 6.07) is 7.46. The number of aryl methyl sites for hydroxylation is 1. The zero-order chi connectivity index (χ0) is 12.5. The Kier molecular flexibility index (Phi) is 3.62. The number of nitrogens with one attached hydrogen (secondary N) is 1. The third-order valence-corrected chi connectivity index (χ3v) is 4.67. The summed E-state index contributed by atoms with van der Waals surface area (Å²) < 4.78 is 1.23. The topological polar surface area (TPSA) is 15.3 Å². The van der Waals surface area contributed by atoms with Gasteiger partial charge in [-0.25, -0.2) is 0 Å². The van der Waals surface area contributed by atoms with Crippen molar-refractivity contribution in [1.82, 2.24) is 5.32 Å². The van der Waals surface area contributed by atoms with Gasteiger partial charge < -0.3 is 10.2 Å². The van der Waals surface area contributed by atoms with Crippen LogP contribution in [0.4, 0.5) is 5.69 Å². The van der Waals surface area contributed by atoms with Gasteiger partial charge in [0.2, 0.25) is 0 Å². The standard InChI is InChI=1S/C15H21BrN2/c1-11-2-5-14(16)15(8-11)18-7-6-12(10-18)9-17-13-3-4-13/h2,5,8,12-13,17H,3-4,6-7,9-10H2,1H3. The summed E-state index contributed by atoms with van der Waals surface area (Å²) in [5.74, 6) is 0.818. The van der Waals surface area contributed by atoms with Crippen LogP contribution in [0.5, 0.6) is 0 Å². The maximum atomic E-state index is 3.68. The van der Waals surface area contributed by atoms with Gasteiger partial charge in [-0.3, -0.25) is 0 Å². The van der Waals surface area contributed by atoms with Gasteiger partial charge in [-0.15, -0.1) is 0 Å². The van der Waals surface area contributed by atoms with E-state index < -0.39 is 0 Å². The molecule has 0 aromatic heterocycles. The number of nitrogens with zero attached hydrogens (tertiary/aromatic N) is 1. The Hall–Kier alpha value is -0.540. The normalized spacial score (nSPS) is 23.7. The molecule has 0 amide bonds. The Morgan fingerprint density at radius 2 is 2.17 bits per heavy atom. The van der Waals surface area contributed by atoms with Crippen LogP contribution in [0, 0.1) is 12.8 Å². The van der Waals surface area contributed by atoms with Crippen LogP contribution >= 0.6 is 15.9 Å². The summed E-state index contributed by atoms with van der Waals surface area (Å²) in [7, 11) is 0. The molecule has 1 unspecified atom stereocenters. The van der Waals surface area contributed by atoms with E-state index in [0.717, 1.165) is 12.0 Å². The lowest BCUT2D eigenvalue weighted by Gasteiger charge is -2.21. The number of anilines is 1. The van der Waals surface area contributed by atoms with E-state index in [-0.39, 0.29) is 0 Å². The van der Waals surface area contributed by atoms with Crippen molar-refractivity contribution >= 4 is 21.6 Å². The predicted octanol–water partition coefficient (Wildman–Crippen LogP) is 3.34. The third kappa shape index (κ3) is 2.89. The molecular weight excluding hydrogens is 288 g/mol. The highest BCUT2D eigenvalue weighted by Gasteiger charge is 2.26. The number of halogens is 1. The Bertz CT molecular complexity index is 429. The van der Waals surface area contributed by atoms with Crippen LogP contribution in [0.25, 0.3) is 0 Å². The van der Waals surface area contributed by atoms with Crippen LogP contribution in [0.3, 0.4) is 0 Å². The zero-order valence-corrected chi connectivity index (χ0v) is 12.5. The van der Waals surface area contributed by atoms with Crippen molar-refractivity contribution in [2.75, 3.05) is 24.5 Å². The summed E-state index contributed by atoms with van der Waals surface area (Å²) in [6.07, 6.45) is 4.10. The van der Waals surface area contributed by atoms with Gasteiger partial charge in [0.1, 0.15) is 0 Å². The first-order valence-electron chi connectivity index (χ1n) is 6.97. The number of hydrogen-bond donors (Lipinski definition) is 1. The molecule has 1 N–H and O–H groups in total. The summed E-state index contributed by atoms with van der Waals surface area (Å²) in [5.41, 5.74) is 2.71. The summed E-state index contributed by atoms with van der Waals surface area (Å²) in [6.45, 7) is 5.75. The maximum Gasteiger partial charge on any atom is 0.0513 e. The van der Waals surface area contributed by atoms with Crippen LogP contribution in [0.2, 0.25) is 0 Å². The van der Waals surface area contributed by atoms with Crippen LogP contribution in [-0.2, 0) is 0 Å². The molecule has 1 aliphatic carbocycles. The summed E-state index contributed by atoms with van der Waals surface area (Å²) in [5, 5.41) is 3.66. The molecule has 2 nitrogen and oxygen atoms in total. The lowest BCUT2D eigenvalue weighted by Crippen LogP contribution is -2.27. The summed E-state index contributed by atoms with van der Waals surface area (Å²) in [4.78, 5) is 2.52. The second kappa shape index (κ2) is 5.22. The SMILES string of the molecule is Cc1ccc(Br)c(N2CCC(CNC3CC3)C2)c1. The molecule has 1 saturated heterocycles. The van der Waals surface area contributed by atoms with Crippen LogP contribution in [0.1, 0.15) is 24.8 Å². The van der Waals surface area contributed by atoms with E-state index in [4.69, 9.17) is 0 Å². The second-order valence-electron chi connectivity index (χ2n) is 5.74. The molecule has 0 bridgehead atoms. The van der Waals surface area contributed by atoms with Gasteiger partial charge in [-0.2, -0.15) is 0 Å². The van der Waals surface area contributed by atoms with E-state index in [2.05, 4.69) is 51.3 Å². The van der Waals surface area contributed by atoms with E-state index in [0.29, 0.717) is 0 Å². The molecule has 3 heteroatoms. The van der Waals surface area contributed by atoms with E-state index in [1.165, 1.54) is 54.6 Å². The molecule has 1 aromatic rings. The molecule has 1 saturated carbocycles. The van der Waals surface area contributed by atoms with Crippen molar-refractivity contribution in [1.29, 1.82) is 0 Å². The fourth-order valence-electron chi connectivity index (χ4n) is 2.70. The minimum atomic E-state index is 0.818. The first-order valence-corrected chi connectivity index (χ1v) is 7.76. The van der Waals surface area contributed by atoms with Crippen molar-refractivity contribution in [3.05, 3.63) is 28.2 Å². The average Bonchev–Trinajstić information content (AvgIpc) is 3.08. The van der Waals surface area contributed by atoms with Gasteiger partial charge in [0.05, 0.1) is 5.69 Å². The van der Waals surface area contributed by atoms with Crippen molar-refractivity contribution in [2.24, 2.45) is 5.92 Å². The second-order valence-corrected chi connectivity index (χ2v) is 6.59. The first-order chi connectivity index (χ1) is 8.72. The van der Waals surface area contributed by atoms with E-state index in [1.54, 1.807) is 0 Å². The van der Waals surface area contributed by atoms with Crippen molar-refractivity contribution in [3.8, 4) is 0 Å². The van der Waals surface area contributed by atoms with Crippen molar-refractivity contribution < 1.29 is 0 Å². The fourth-order valence-corrected chi connectivity index (χ4v) is 3.20. The number of benzene rings is 1. The first kappa shape index (κ1) is 12.5. The van der Waals surface area contributed by atoms with E-state index >= 15 is 0 Å². The van der Waals surface area contributed by atoms with Gasteiger partial charge >= 0.3 is 0 Å². The fraction of sp³-hybridized carbons (Fsp3) is 0.600. The molecule has 18 heavy (non-hydrogen) atoms. The molecule has 2 aliphatic rings. The maximum absolute atomic E-state index is 3.68.